The maximum atomic E-state index is 12.9. The van der Waals surface area contributed by atoms with E-state index in [0.29, 0.717) is 6.54 Å². The maximum absolute atomic E-state index is 12.9. The van der Waals surface area contributed by atoms with Crippen molar-refractivity contribution in [1.82, 2.24) is 10.2 Å². The van der Waals surface area contributed by atoms with Crippen molar-refractivity contribution >= 4 is 23.5 Å². The fraction of sp³-hybridized carbons (Fsp3) is 0.526. The van der Waals surface area contributed by atoms with Gasteiger partial charge in [-0.15, -0.1) is 0 Å². The third-order valence-electron chi connectivity index (χ3n) is 5.57. The average Bonchev–Trinajstić information content (AvgIpc) is 3.08. The van der Waals surface area contributed by atoms with Gasteiger partial charge in [-0.2, -0.15) is 0 Å². The highest BCUT2D eigenvalue weighted by molar-refractivity contribution is 6.09. The van der Waals surface area contributed by atoms with E-state index in [1.54, 1.807) is 13.8 Å². The van der Waals surface area contributed by atoms with Gasteiger partial charge in [-0.05, 0) is 31.5 Å². The van der Waals surface area contributed by atoms with Crippen molar-refractivity contribution in [3.8, 4) is 0 Å². The van der Waals surface area contributed by atoms with Gasteiger partial charge < -0.3 is 9.64 Å². The summed E-state index contributed by atoms with van der Waals surface area (Å²) in [5.74, 6) is -2.45. The van der Waals surface area contributed by atoms with Crippen LogP contribution in [-0.2, 0) is 19.1 Å². The number of anilines is 1. The Morgan fingerprint density at radius 3 is 2.35 bits per heavy atom. The largest absolute Gasteiger partial charge is 0.468 e. The Kier molecular flexibility index (Phi) is 4.52. The molecule has 0 aromatic heterocycles. The Morgan fingerprint density at radius 1 is 1.23 bits per heavy atom. The normalized spacial score (nSPS) is 30.5. The van der Waals surface area contributed by atoms with Gasteiger partial charge in [0.15, 0.2) is 0 Å². The number of hydrogen-bond acceptors (Lipinski definition) is 6. The Labute approximate surface area is 153 Å². The minimum atomic E-state index is -1.24. The molecule has 1 aromatic carbocycles. The average molecular weight is 359 g/mol. The summed E-state index contributed by atoms with van der Waals surface area (Å²) < 4.78 is 4.94. The molecule has 140 valence electrons. The molecule has 0 saturated carbocycles. The first-order chi connectivity index (χ1) is 12.3. The standard InChI is InChI=1S/C19H25N3O4/c1-6-22-16(23)13-14(17(22)24)19(2,18(25)26-5)20-15(13)11-7-9-12(10-8-11)21(3)4/h7-10,13-15,20H,6H2,1-5H3/t13-,14+,15-,19+/m0/s1. The van der Waals surface area contributed by atoms with Crippen LogP contribution in [0.5, 0.6) is 0 Å². The van der Waals surface area contributed by atoms with Gasteiger partial charge >= 0.3 is 5.97 Å². The summed E-state index contributed by atoms with van der Waals surface area (Å²) in [6.45, 7) is 3.71. The van der Waals surface area contributed by atoms with Crippen LogP contribution in [0.1, 0.15) is 25.5 Å². The van der Waals surface area contributed by atoms with Crippen molar-refractivity contribution in [3.63, 3.8) is 0 Å². The number of esters is 1. The molecule has 2 heterocycles. The third-order valence-corrected chi connectivity index (χ3v) is 5.57. The molecule has 0 spiro atoms. The predicted octanol–water partition coefficient (Wildman–Crippen LogP) is 0.950. The second kappa shape index (κ2) is 6.39. The lowest BCUT2D eigenvalue weighted by Gasteiger charge is -2.28. The lowest BCUT2D eigenvalue weighted by atomic mass is 9.80. The van der Waals surface area contributed by atoms with Crippen LogP contribution in [-0.4, -0.2) is 56.0 Å². The maximum Gasteiger partial charge on any atom is 0.326 e. The van der Waals surface area contributed by atoms with E-state index >= 15 is 0 Å². The van der Waals surface area contributed by atoms with Crippen molar-refractivity contribution in [2.75, 3.05) is 32.6 Å². The van der Waals surface area contributed by atoms with Crippen LogP contribution in [0.4, 0.5) is 5.69 Å². The zero-order valence-corrected chi connectivity index (χ0v) is 15.8. The number of likely N-dealkylation sites (tertiary alicyclic amines) is 1. The molecule has 2 aliphatic heterocycles. The van der Waals surface area contributed by atoms with E-state index < -0.39 is 29.4 Å². The number of benzene rings is 1. The van der Waals surface area contributed by atoms with E-state index in [-0.39, 0.29) is 11.8 Å². The van der Waals surface area contributed by atoms with E-state index in [1.807, 2.05) is 43.3 Å². The summed E-state index contributed by atoms with van der Waals surface area (Å²) in [6.07, 6.45) is 0. The molecule has 0 aliphatic carbocycles. The number of nitrogens with one attached hydrogen (secondary N) is 1. The molecular formula is C19H25N3O4. The van der Waals surface area contributed by atoms with Crippen LogP contribution in [0.25, 0.3) is 0 Å². The summed E-state index contributed by atoms with van der Waals surface area (Å²) >= 11 is 0. The SMILES string of the molecule is CCN1C(=O)[C@@H]2[C@H](c3ccc(N(C)C)cc3)N[C@@](C)(C(=O)OC)[C@H]2C1=O. The number of carbonyl (C=O) groups excluding carboxylic acids is 3. The number of carbonyl (C=O) groups is 3. The second-order valence-electron chi connectivity index (χ2n) is 7.23. The van der Waals surface area contributed by atoms with Crippen molar-refractivity contribution in [2.24, 2.45) is 11.8 Å². The molecule has 2 saturated heterocycles. The first-order valence-electron chi connectivity index (χ1n) is 8.74. The lowest BCUT2D eigenvalue weighted by molar-refractivity contribution is -0.153. The Balaban J connectivity index is 2.05. The minimum absolute atomic E-state index is 0.232. The van der Waals surface area contributed by atoms with Gasteiger partial charge in [-0.1, -0.05) is 12.1 Å². The molecule has 7 nitrogen and oxygen atoms in total. The molecule has 0 unspecified atom stereocenters. The second-order valence-corrected chi connectivity index (χ2v) is 7.23. The highest BCUT2D eigenvalue weighted by Gasteiger charge is 2.66. The number of ether oxygens (including phenoxy) is 1. The topological polar surface area (TPSA) is 79.0 Å². The lowest BCUT2D eigenvalue weighted by Crippen LogP contribution is -2.53. The summed E-state index contributed by atoms with van der Waals surface area (Å²) in [6, 6.07) is 7.35. The molecule has 1 N–H and O–H groups in total. The van der Waals surface area contributed by atoms with Crippen LogP contribution in [0.3, 0.4) is 0 Å². The smallest absolute Gasteiger partial charge is 0.326 e. The van der Waals surface area contributed by atoms with Gasteiger partial charge in [0.2, 0.25) is 11.8 Å². The third kappa shape index (κ3) is 2.49. The fourth-order valence-corrected chi connectivity index (χ4v) is 4.18. The number of rotatable bonds is 4. The molecular weight excluding hydrogens is 334 g/mol. The van der Waals surface area contributed by atoms with Gasteiger partial charge in [0.05, 0.1) is 18.9 Å². The van der Waals surface area contributed by atoms with E-state index in [0.717, 1.165) is 11.3 Å². The predicted molar refractivity (Wildman–Crippen MR) is 96.4 cm³/mol. The summed E-state index contributed by atoms with van der Waals surface area (Å²) in [5, 5.41) is 3.23. The highest BCUT2D eigenvalue weighted by Crippen LogP contribution is 2.49. The van der Waals surface area contributed by atoms with E-state index in [1.165, 1.54) is 12.0 Å². The van der Waals surface area contributed by atoms with E-state index in [4.69, 9.17) is 4.74 Å². The molecule has 7 heteroatoms. The molecule has 2 amide bonds. The molecule has 2 aliphatic rings. The first kappa shape index (κ1) is 18.4. The minimum Gasteiger partial charge on any atom is -0.468 e. The molecule has 26 heavy (non-hydrogen) atoms. The van der Waals surface area contributed by atoms with E-state index in [2.05, 4.69) is 5.32 Å². The van der Waals surface area contributed by atoms with Gasteiger partial charge in [0.1, 0.15) is 5.54 Å². The van der Waals surface area contributed by atoms with Crippen LogP contribution in [0.2, 0.25) is 0 Å². The molecule has 1 aromatic rings. The molecule has 4 atom stereocenters. The number of methoxy groups -OCH3 is 1. The van der Waals surface area contributed by atoms with Crippen molar-refractivity contribution in [1.29, 1.82) is 0 Å². The monoisotopic (exact) mass is 359 g/mol. The van der Waals surface area contributed by atoms with Gasteiger partial charge in [-0.25, -0.2) is 0 Å². The Bertz CT molecular complexity index is 746. The number of fused-ring (bicyclic) bond motifs is 1. The zero-order valence-electron chi connectivity index (χ0n) is 15.8. The molecule has 2 fully saturated rings. The quantitative estimate of drug-likeness (QED) is 0.637. The zero-order chi connectivity index (χ0) is 19.2. The summed E-state index contributed by atoms with van der Waals surface area (Å²) in [4.78, 5) is 41.4. The van der Waals surface area contributed by atoms with Gasteiger partial charge in [0.25, 0.3) is 0 Å². The van der Waals surface area contributed by atoms with Crippen molar-refractivity contribution < 1.29 is 19.1 Å². The Hall–Kier alpha value is -2.41. The van der Waals surface area contributed by atoms with Gasteiger partial charge in [0, 0.05) is 32.4 Å². The van der Waals surface area contributed by atoms with E-state index in [9.17, 15) is 14.4 Å². The number of hydrogen-bond donors (Lipinski definition) is 1. The number of nitrogens with zero attached hydrogens (tertiary/aromatic N) is 2. The van der Waals surface area contributed by atoms with Crippen LogP contribution >= 0.6 is 0 Å². The van der Waals surface area contributed by atoms with Gasteiger partial charge in [-0.3, -0.25) is 24.6 Å². The molecule has 3 rings (SSSR count). The van der Waals surface area contributed by atoms with Crippen LogP contribution in [0.15, 0.2) is 24.3 Å². The summed E-state index contributed by atoms with van der Waals surface area (Å²) in [5.41, 5.74) is 0.668. The fourth-order valence-electron chi connectivity index (χ4n) is 4.18. The number of amides is 2. The summed E-state index contributed by atoms with van der Waals surface area (Å²) in [7, 11) is 5.19. The van der Waals surface area contributed by atoms with Crippen molar-refractivity contribution in [3.05, 3.63) is 29.8 Å². The van der Waals surface area contributed by atoms with Crippen molar-refractivity contribution in [2.45, 2.75) is 25.4 Å². The molecule has 0 radical (unpaired) electrons. The molecule has 0 bridgehead atoms. The van der Waals surface area contributed by atoms with Crippen LogP contribution in [0, 0.1) is 11.8 Å². The first-order valence-corrected chi connectivity index (χ1v) is 8.74. The Morgan fingerprint density at radius 2 is 1.85 bits per heavy atom. The number of imide groups is 1. The highest BCUT2D eigenvalue weighted by atomic mass is 16.5. The van der Waals surface area contributed by atoms with Crippen LogP contribution < -0.4 is 10.2 Å².